The second-order valence-electron chi connectivity index (χ2n) is 8.63. The Morgan fingerprint density at radius 1 is 0.667 bits per heavy atom. The smallest absolute Gasteiger partial charge is 0.134 e. The Bertz CT molecular complexity index is 1180. The highest BCUT2D eigenvalue weighted by atomic mass is 35.5. The average Bonchev–Trinajstić information content (AvgIpc) is 2.84. The van der Waals surface area contributed by atoms with Crippen LogP contribution < -0.4 is 0 Å². The Hall–Kier alpha value is -2.68. The monoisotopic (exact) mass is 460 g/mol. The summed E-state index contributed by atoms with van der Waals surface area (Å²) in [6.07, 6.45) is 5.48. The molecule has 0 aromatic heterocycles. The molecule has 3 heteroatoms. The first-order valence-electron chi connectivity index (χ1n) is 11.6. The molecule has 0 spiro atoms. The summed E-state index contributed by atoms with van der Waals surface area (Å²) in [6, 6.07) is 26.7. The summed E-state index contributed by atoms with van der Waals surface area (Å²) in [7, 11) is 1.74. The number of methoxy groups -OCH3 is 1. The normalized spacial score (nSPS) is 11.2. The summed E-state index contributed by atoms with van der Waals surface area (Å²) in [4.78, 5) is 0. The summed E-state index contributed by atoms with van der Waals surface area (Å²) in [5, 5.41) is 2.39. The average molecular weight is 461 g/mol. The number of ether oxygens (including phenoxy) is 1. The van der Waals surface area contributed by atoms with Crippen LogP contribution in [0.3, 0.4) is 0 Å². The van der Waals surface area contributed by atoms with Gasteiger partial charge in [0.2, 0.25) is 0 Å². The van der Waals surface area contributed by atoms with E-state index in [0.29, 0.717) is 11.8 Å². The first-order chi connectivity index (χ1) is 16.1. The number of rotatable bonds is 10. The van der Waals surface area contributed by atoms with Crippen LogP contribution in [0.25, 0.3) is 10.8 Å². The third-order valence-corrected chi connectivity index (χ3v) is 6.49. The maximum atomic E-state index is 15.1. The van der Waals surface area contributed by atoms with Gasteiger partial charge < -0.3 is 4.74 Å². The molecule has 0 heterocycles. The van der Waals surface area contributed by atoms with Crippen molar-refractivity contribution in [2.24, 2.45) is 0 Å². The van der Waals surface area contributed by atoms with Gasteiger partial charge in [-0.25, -0.2) is 4.39 Å². The fraction of sp³-hybridized carbons (Fsp3) is 0.267. The van der Waals surface area contributed by atoms with Crippen molar-refractivity contribution in [1.29, 1.82) is 0 Å². The van der Waals surface area contributed by atoms with Crippen molar-refractivity contribution in [3.05, 3.63) is 118 Å². The van der Waals surface area contributed by atoms with E-state index in [1.165, 1.54) is 16.7 Å². The van der Waals surface area contributed by atoms with Gasteiger partial charge in [-0.05, 0) is 83.9 Å². The van der Waals surface area contributed by atoms with Crippen molar-refractivity contribution >= 4 is 22.4 Å². The Kier molecular flexibility index (Phi) is 8.15. The van der Waals surface area contributed by atoms with Crippen LogP contribution in [-0.4, -0.2) is 13.7 Å². The first kappa shape index (κ1) is 23.5. The van der Waals surface area contributed by atoms with E-state index >= 15 is 4.39 Å². The van der Waals surface area contributed by atoms with Crippen LogP contribution >= 0.6 is 11.6 Å². The minimum atomic E-state index is -0.0999. The van der Waals surface area contributed by atoms with Crippen LogP contribution in [0.1, 0.15) is 34.2 Å². The van der Waals surface area contributed by atoms with Gasteiger partial charge in [-0.2, -0.15) is 0 Å². The van der Waals surface area contributed by atoms with E-state index in [1.807, 2.05) is 42.5 Å². The number of hydrogen-bond donors (Lipinski definition) is 0. The van der Waals surface area contributed by atoms with E-state index in [-0.39, 0.29) is 5.82 Å². The van der Waals surface area contributed by atoms with Gasteiger partial charge in [-0.15, -0.1) is 0 Å². The highest BCUT2D eigenvalue weighted by Crippen LogP contribution is 2.24. The highest BCUT2D eigenvalue weighted by molar-refractivity contribution is 6.30. The Morgan fingerprint density at radius 3 is 1.94 bits per heavy atom. The summed E-state index contributed by atoms with van der Waals surface area (Å²) in [5.74, 6) is -0.0999. The van der Waals surface area contributed by atoms with Crippen LogP contribution in [0.15, 0.2) is 78.9 Å². The molecule has 0 aliphatic heterocycles. The Balaban J connectivity index is 1.37. The quantitative estimate of drug-likeness (QED) is 0.219. The molecule has 0 fully saturated rings. The largest absolute Gasteiger partial charge is 0.385 e. The molecule has 0 aliphatic carbocycles. The lowest BCUT2D eigenvalue weighted by atomic mass is 9.97. The maximum absolute atomic E-state index is 15.1. The molecule has 4 rings (SSSR count). The second-order valence-corrected chi connectivity index (χ2v) is 9.07. The van der Waals surface area contributed by atoms with Crippen LogP contribution in [0.5, 0.6) is 0 Å². The zero-order chi connectivity index (χ0) is 23.0. The molecule has 170 valence electrons. The van der Waals surface area contributed by atoms with E-state index < -0.39 is 0 Å². The third kappa shape index (κ3) is 6.43. The van der Waals surface area contributed by atoms with Crippen LogP contribution in [0, 0.1) is 5.82 Å². The third-order valence-electron chi connectivity index (χ3n) is 6.23. The molecule has 0 amide bonds. The van der Waals surface area contributed by atoms with E-state index in [2.05, 4.69) is 36.4 Å². The van der Waals surface area contributed by atoms with Crippen LogP contribution in [-0.2, 0) is 36.8 Å². The predicted octanol–water partition coefficient (Wildman–Crippen LogP) is 7.78. The number of hydrogen-bond acceptors (Lipinski definition) is 1. The van der Waals surface area contributed by atoms with Gasteiger partial charge in [0.1, 0.15) is 5.82 Å². The molecule has 0 atom stereocenters. The lowest BCUT2D eigenvalue weighted by Crippen LogP contribution is -1.97. The van der Waals surface area contributed by atoms with Crippen LogP contribution in [0.2, 0.25) is 5.02 Å². The molecule has 4 aromatic rings. The van der Waals surface area contributed by atoms with Gasteiger partial charge in [-0.1, -0.05) is 78.3 Å². The number of aryl methyl sites for hydroxylation is 5. The summed E-state index contributed by atoms with van der Waals surface area (Å²) >= 11 is 5.95. The summed E-state index contributed by atoms with van der Waals surface area (Å²) in [5.41, 5.74) is 5.84. The van der Waals surface area contributed by atoms with Gasteiger partial charge in [0, 0.05) is 24.1 Å². The number of fused-ring (bicyclic) bond motifs is 1. The molecule has 0 saturated heterocycles. The fourth-order valence-electron chi connectivity index (χ4n) is 4.25. The molecular weight excluding hydrogens is 431 g/mol. The van der Waals surface area contributed by atoms with Crippen LogP contribution in [0.4, 0.5) is 4.39 Å². The highest BCUT2D eigenvalue weighted by Gasteiger charge is 2.09. The summed E-state index contributed by atoms with van der Waals surface area (Å²) < 4.78 is 20.3. The fourth-order valence-corrected chi connectivity index (χ4v) is 4.37. The molecule has 4 aromatic carbocycles. The van der Waals surface area contributed by atoms with Crippen molar-refractivity contribution in [1.82, 2.24) is 0 Å². The summed E-state index contributed by atoms with van der Waals surface area (Å²) in [6.45, 7) is 0.800. The van der Waals surface area contributed by atoms with Crippen molar-refractivity contribution < 1.29 is 9.13 Å². The van der Waals surface area contributed by atoms with Crippen molar-refractivity contribution in [2.45, 2.75) is 38.5 Å². The standard InChI is InChI=1S/C30H30ClFO/c1-33-20-2-3-22-4-6-23(7-5-22)8-9-25-13-19-29-27(21-25)16-15-26(30(29)32)14-10-24-11-17-28(31)18-12-24/h4-7,11-13,15-19,21H,2-3,8-10,14,20H2,1H3. The molecule has 0 bridgehead atoms. The number of benzene rings is 4. The van der Waals surface area contributed by atoms with Crippen molar-refractivity contribution in [3.8, 4) is 0 Å². The van der Waals surface area contributed by atoms with E-state index in [0.717, 1.165) is 60.2 Å². The molecule has 0 unspecified atom stereocenters. The molecule has 33 heavy (non-hydrogen) atoms. The Morgan fingerprint density at radius 2 is 1.24 bits per heavy atom. The van der Waals surface area contributed by atoms with Gasteiger partial charge in [0.25, 0.3) is 0 Å². The number of halogens is 2. The van der Waals surface area contributed by atoms with Crippen molar-refractivity contribution in [2.75, 3.05) is 13.7 Å². The maximum Gasteiger partial charge on any atom is 0.134 e. The lowest BCUT2D eigenvalue weighted by Gasteiger charge is -2.09. The molecule has 0 saturated carbocycles. The van der Waals surface area contributed by atoms with Gasteiger partial charge in [-0.3, -0.25) is 0 Å². The molecule has 0 radical (unpaired) electrons. The molecular formula is C30H30ClFO. The van der Waals surface area contributed by atoms with Gasteiger partial charge >= 0.3 is 0 Å². The molecule has 0 aliphatic rings. The van der Waals surface area contributed by atoms with Gasteiger partial charge in [0.05, 0.1) is 0 Å². The van der Waals surface area contributed by atoms with E-state index in [4.69, 9.17) is 16.3 Å². The lowest BCUT2D eigenvalue weighted by molar-refractivity contribution is 0.195. The SMILES string of the molecule is COCCCc1ccc(CCc2ccc3c(F)c(CCc4ccc(Cl)cc4)ccc3c2)cc1. The first-order valence-corrected chi connectivity index (χ1v) is 12.0. The second kappa shape index (κ2) is 11.4. The van der Waals surface area contributed by atoms with E-state index in [9.17, 15) is 0 Å². The minimum Gasteiger partial charge on any atom is -0.385 e. The minimum absolute atomic E-state index is 0.0999. The van der Waals surface area contributed by atoms with Gasteiger partial charge in [0.15, 0.2) is 0 Å². The zero-order valence-corrected chi connectivity index (χ0v) is 19.9. The molecule has 1 nitrogen and oxygen atoms in total. The zero-order valence-electron chi connectivity index (χ0n) is 19.1. The topological polar surface area (TPSA) is 9.23 Å². The van der Waals surface area contributed by atoms with Crippen molar-refractivity contribution in [3.63, 3.8) is 0 Å². The molecule has 0 N–H and O–H groups in total. The Labute approximate surface area is 201 Å². The predicted molar refractivity (Wildman–Crippen MR) is 137 cm³/mol. The van der Waals surface area contributed by atoms with E-state index in [1.54, 1.807) is 7.11 Å².